The summed E-state index contributed by atoms with van der Waals surface area (Å²) in [6.45, 7) is 4.95. The smallest absolute Gasteiger partial charge is 0.200 e. The average molecular weight is 515 g/mol. The standard InChI is InChI=1S/C31H34F4O2/c1-3-5-19-37-27-17-16-26(30(34)31(27)35)21-8-6-20(7-9-21)24-14-15-25(29(33)28(24)32)22-10-12-23(13-11-22)36-18-4-2/h10-17,20-21H,3-9,18-19H2,1-2H3. The van der Waals surface area contributed by atoms with Gasteiger partial charge in [0.25, 0.3) is 0 Å². The maximum atomic E-state index is 15.2. The molecule has 1 aliphatic rings. The summed E-state index contributed by atoms with van der Waals surface area (Å²) in [5.74, 6) is -3.24. The molecular weight excluding hydrogens is 480 g/mol. The van der Waals surface area contributed by atoms with Gasteiger partial charge >= 0.3 is 0 Å². The van der Waals surface area contributed by atoms with Gasteiger partial charge in [0.2, 0.25) is 5.82 Å². The Morgan fingerprint density at radius 2 is 1.22 bits per heavy atom. The molecule has 3 aromatic rings. The maximum absolute atomic E-state index is 15.2. The average Bonchev–Trinajstić information content (AvgIpc) is 2.92. The quantitative estimate of drug-likeness (QED) is 0.198. The van der Waals surface area contributed by atoms with Gasteiger partial charge in [0, 0.05) is 5.56 Å². The van der Waals surface area contributed by atoms with Gasteiger partial charge in [-0.3, -0.25) is 0 Å². The van der Waals surface area contributed by atoms with Gasteiger partial charge in [0.1, 0.15) is 5.75 Å². The second-order valence-corrected chi connectivity index (χ2v) is 9.73. The zero-order chi connectivity index (χ0) is 26.4. The highest BCUT2D eigenvalue weighted by molar-refractivity contribution is 5.65. The van der Waals surface area contributed by atoms with Crippen LogP contribution in [0, 0.1) is 23.3 Å². The van der Waals surface area contributed by atoms with Crippen LogP contribution in [0.5, 0.6) is 11.5 Å². The maximum Gasteiger partial charge on any atom is 0.200 e. The number of rotatable bonds is 10. The zero-order valence-corrected chi connectivity index (χ0v) is 21.5. The predicted molar refractivity (Wildman–Crippen MR) is 138 cm³/mol. The zero-order valence-electron chi connectivity index (χ0n) is 21.5. The second kappa shape index (κ2) is 12.5. The molecule has 1 saturated carbocycles. The van der Waals surface area contributed by atoms with Gasteiger partial charge in [-0.2, -0.15) is 4.39 Å². The molecule has 0 atom stereocenters. The van der Waals surface area contributed by atoms with Crippen molar-refractivity contribution in [2.75, 3.05) is 13.2 Å². The van der Waals surface area contributed by atoms with E-state index < -0.39 is 23.3 Å². The number of hydrogen-bond acceptors (Lipinski definition) is 2. The molecule has 1 aliphatic carbocycles. The van der Waals surface area contributed by atoms with Crippen molar-refractivity contribution in [2.24, 2.45) is 0 Å². The topological polar surface area (TPSA) is 18.5 Å². The lowest BCUT2D eigenvalue weighted by Gasteiger charge is -2.30. The highest BCUT2D eigenvalue weighted by Crippen LogP contribution is 2.43. The van der Waals surface area contributed by atoms with Gasteiger partial charge in [-0.15, -0.1) is 0 Å². The van der Waals surface area contributed by atoms with Gasteiger partial charge in [-0.05, 0) is 85.3 Å². The van der Waals surface area contributed by atoms with Crippen LogP contribution < -0.4 is 9.47 Å². The van der Waals surface area contributed by atoms with E-state index in [4.69, 9.17) is 9.47 Å². The molecule has 0 spiro atoms. The van der Waals surface area contributed by atoms with Crippen molar-refractivity contribution >= 4 is 0 Å². The minimum Gasteiger partial charge on any atom is -0.494 e. The first kappa shape index (κ1) is 27.0. The number of benzene rings is 3. The van der Waals surface area contributed by atoms with E-state index in [2.05, 4.69) is 0 Å². The van der Waals surface area contributed by atoms with Gasteiger partial charge in [-0.25, -0.2) is 13.2 Å². The summed E-state index contributed by atoms with van der Waals surface area (Å²) < 4.78 is 70.5. The molecule has 0 radical (unpaired) electrons. The third-order valence-corrected chi connectivity index (χ3v) is 7.19. The van der Waals surface area contributed by atoms with Gasteiger partial charge in [0.05, 0.1) is 13.2 Å². The molecule has 0 unspecified atom stereocenters. The Kier molecular flexibility index (Phi) is 9.12. The third-order valence-electron chi connectivity index (χ3n) is 7.19. The van der Waals surface area contributed by atoms with E-state index in [1.807, 2.05) is 13.8 Å². The van der Waals surface area contributed by atoms with E-state index in [0.29, 0.717) is 61.3 Å². The summed E-state index contributed by atoms with van der Waals surface area (Å²) in [5.41, 5.74) is 1.45. The Hall–Kier alpha value is -3.02. The Morgan fingerprint density at radius 1 is 0.622 bits per heavy atom. The van der Waals surface area contributed by atoms with E-state index in [1.165, 1.54) is 6.07 Å². The summed E-state index contributed by atoms with van der Waals surface area (Å²) in [6.07, 6.45) is 4.83. The predicted octanol–water partition coefficient (Wildman–Crippen LogP) is 9.32. The minimum absolute atomic E-state index is 0.0656. The number of halogens is 4. The van der Waals surface area contributed by atoms with Gasteiger partial charge in [0.15, 0.2) is 23.2 Å². The van der Waals surface area contributed by atoms with Crippen LogP contribution in [0.3, 0.4) is 0 Å². The largest absolute Gasteiger partial charge is 0.494 e. The van der Waals surface area contributed by atoms with Gasteiger partial charge < -0.3 is 9.47 Å². The Morgan fingerprint density at radius 3 is 1.81 bits per heavy atom. The number of unbranched alkanes of at least 4 members (excludes halogenated alkanes) is 1. The first-order chi connectivity index (χ1) is 17.9. The van der Waals surface area contributed by atoms with Crippen LogP contribution in [0.4, 0.5) is 17.6 Å². The highest BCUT2D eigenvalue weighted by atomic mass is 19.2. The molecule has 0 aromatic heterocycles. The van der Waals surface area contributed by atoms with Crippen molar-refractivity contribution in [1.29, 1.82) is 0 Å². The summed E-state index contributed by atoms with van der Waals surface area (Å²) in [6, 6.07) is 13.3. The molecule has 4 rings (SSSR count). The molecule has 0 saturated heterocycles. The molecule has 0 amide bonds. The van der Waals surface area contributed by atoms with Crippen molar-refractivity contribution in [3.8, 4) is 22.6 Å². The van der Waals surface area contributed by atoms with Gasteiger partial charge in [-0.1, -0.05) is 50.6 Å². The fourth-order valence-electron chi connectivity index (χ4n) is 5.07. The van der Waals surface area contributed by atoms with Crippen molar-refractivity contribution in [3.05, 3.63) is 82.9 Å². The van der Waals surface area contributed by atoms with Crippen molar-refractivity contribution < 1.29 is 27.0 Å². The minimum atomic E-state index is -0.954. The summed E-state index contributed by atoms with van der Waals surface area (Å²) in [7, 11) is 0. The van der Waals surface area contributed by atoms with E-state index in [0.717, 1.165) is 19.3 Å². The van der Waals surface area contributed by atoms with Crippen LogP contribution in [-0.2, 0) is 0 Å². The van der Waals surface area contributed by atoms with Crippen molar-refractivity contribution in [1.82, 2.24) is 0 Å². The molecule has 37 heavy (non-hydrogen) atoms. The third kappa shape index (κ3) is 6.11. The molecule has 2 nitrogen and oxygen atoms in total. The molecule has 1 fully saturated rings. The molecule has 0 aliphatic heterocycles. The Bertz CT molecular complexity index is 1180. The SMILES string of the molecule is CCCCOc1ccc(C2CCC(c3ccc(-c4ccc(OCCC)cc4)c(F)c3F)CC2)c(F)c1F. The first-order valence-corrected chi connectivity index (χ1v) is 13.3. The summed E-state index contributed by atoms with van der Waals surface area (Å²) in [4.78, 5) is 0. The van der Waals surface area contributed by atoms with Crippen LogP contribution in [0.15, 0.2) is 48.5 Å². The van der Waals surface area contributed by atoms with Crippen LogP contribution in [-0.4, -0.2) is 13.2 Å². The first-order valence-electron chi connectivity index (χ1n) is 13.3. The lowest BCUT2D eigenvalue weighted by molar-refractivity contribution is 0.286. The fraction of sp³-hybridized carbons (Fsp3) is 0.419. The van der Waals surface area contributed by atoms with Crippen molar-refractivity contribution in [2.45, 2.75) is 70.6 Å². The van der Waals surface area contributed by atoms with Crippen LogP contribution in [0.25, 0.3) is 11.1 Å². The molecular formula is C31H34F4O2. The number of ether oxygens (including phenoxy) is 2. The Balaban J connectivity index is 1.43. The number of hydrogen-bond donors (Lipinski definition) is 0. The lowest BCUT2D eigenvalue weighted by Crippen LogP contribution is -2.15. The molecule has 0 N–H and O–H groups in total. The monoisotopic (exact) mass is 514 g/mol. The summed E-state index contributed by atoms with van der Waals surface area (Å²) >= 11 is 0. The van der Waals surface area contributed by atoms with E-state index in [9.17, 15) is 8.78 Å². The molecule has 3 aromatic carbocycles. The fourth-order valence-corrected chi connectivity index (χ4v) is 5.07. The Labute approximate surface area is 216 Å². The van der Waals surface area contributed by atoms with Crippen LogP contribution >= 0.6 is 0 Å². The second-order valence-electron chi connectivity index (χ2n) is 9.73. The van der Waals surface area contributed by atoms with E-state index in [-0.39, 0.29) is 23.1 Å². The molecule has 198 valence electrons. The lowest BCUT2D eigenvalue weighted by atomic mass is 9.75. The molecule has 6 heteroatoms. The summed E-state index contributed by atoms with van der Waals surface area (Å²) in [5, 5.41) is 0. The van der Waals surface area contributed by atoms with Crippen LogP contribution in [0.1, 0.15) is 81.8 Å². The normalized spacial score (nSPS) is 17.6. The highest BCUT2D eigenvalue weighted by Gasteiger charge is 2.29. The van der Waals surface area contributed by atoms with E-state index >= 15 is 8.78 Å². The van der Waals surface area contributed by atoms with E-state index in [1.54, 1.807) is 42.5 Å². The van der Waals surface area contributed by atoms with Crippen LogP contribution in [0.2, 0.25) is 0 Å². The van der Waals surface area contributed by atoms with Crippen molar-refractivity contribution in [3.63, 3.8) is 0 Å². The molecule has 0 bridgehead atoms. The molecule has 0 heterocycles.